The highest BCUT2D eigenvalue weighted by Crippen LogP contribution is 2.36. The number of anilines is 5. The third kappa shape index (κ3) is 9.15. The molecular formula is C48H57N5. The molecule has 1 saturated heterocycles. The second kappa shape index (κ2) is 16.9. The molecule has 1 aliphatic rings. The zero-order chi connectivity index (χ0) is 37.5. The molecule has 5 heteroatoms. The van der Waals surface area contributed by atoms with Crippen LogP contribution in [0.3, 0.4) is 0 Å². The van der Waals surface area contributed by atoms with Crippen LogP contribution in [0.5, 0.6) is 0 Å². The fourth-order valence-corrected chi connectivity index (χ4v) is 7.13. The number of benzene rings is 5. The molecule has 5 aromatic rings. The Morgan fingerprint density at radius 2 is 0.717 bits per heavy atom. The lowest BCUT2D eigenvalue weighted by Gasteiger charge is -2.29. The first-order valence-corrected chi connectivity index (χ1v) is 19.0. The van der Waals surface area contributed by atoms with E-state index in [1.165, 1.54) is 86.7 Å². The average molecular weight is 704 g/mol. The second-order valence-corrected chi connectivity index (χ2v) is 15.1. The van der Waals surface area contributed by atoms with Gasteiger partial charge >= 0.3 is 0 Å². The van der Waals surface area contributed by atoms with Crippen molar-refractivity contribution in [2.75, 3.05) is 94.0 Å². The maximum absolute atomic E-state index is 2.54. The van der Waals surface area contributed by atoms with Crippen molar-refractivity contribution in [1.82, 2.24) is 0 Å². The van der Waals surface area contributed by atoms with Crippen LogP contribution in [0.4, 0.5) is 28.4 Å². The molecule has 274 valence electrons. The van der Waals surface area contributed by atoms with E-state index in [4.69, 9.17) is 0 Å². The molecule has 0 bridgehead atoms. The lowest BCUT2D eigenvalue weighted by atomic mass is 9.86. The number of nitrogens with zero attached hydrogens (tertiary/aromatic N) is 5. The molecule has 0 aliphatic carbocycles. The molecule has 1 fully saturated rings. The summed E-state index contributed by atoms with van der Waals surface area (Å²) in [7, 11) is 16.8. The molecule has 0 atom stereocenters. The van der Waals surface area contributed by atoms with Gasteiger partial charge < -0.3 is 24.5 Å². The van der Waals surface area contributed by atoms with Gasteiger partial charge in [0.2, 0.25) is 0 Å². The van der Waals surface area contributed by atoms with Crippen molar-refractivity contribution in [2.45, 2.75) is 25.2 Å². The molecule has 1 heterocycles. The lowest BCUT2D eigenvalue weighted by Crippen LogP contribution is -2.29. The van der Waals surface area contributed by atoms with Gasteiger partial charge in [0.15, 0.2) is 0 Å². The van der Waals surface area contributed by atoms with Crippen LogP contribution in [0.15, 0.2) is 133 Å². The van der Waals surface area contributed by atoms with Crippen LogP contribution in [0.1, 0.15) is 53.0 Å². The van der Waals surface area contributed by atoms with E-state index in [0.717, 1.165) is 13.1 Å². The number of allylic oxidation sites excluding steroid dienone is 2. The minimum absolute atomic E-state index is 0.0143. The lowest BCUT2D eigenvalue weighted by molar-refractivity contribution is 0.578. The fraction of sp³-hybridized carbons (Fsp3) is 0.292. The van der Waals surface area contributed by atoms with Gasteiger partial charge in [-0.25, -0.2) is 0 Å². The minimum atomic E-state index is -0.0143. The standard InChI is InChI=1S/C48H57N5/c1-49(2)42-22-14-37(15-23-42)47(38-16-24-43(25-17-38)50(3)4)34-41(36-12-30-46(31-13-36)53-32-10-9-11-33-53)35-48(39-18-26-44(27-19-39)51(5)6)40-20-28-45(29-21-40)52(7)8/h12-31,34-35,41H,9-11,32-33H2,1-8H3. The van der Waals surface area contributed by atoms with Gasteiger partial charge in [-0.2, -0.15) is 0 Å². The molecule has 0 saturated carbocycles. The summed E-state index contributed by atoms with van der Waals surface area (Å²) in [5.74, 6) is -0.0143. The predicted molar refractivity (Wildman–Crippen MR) is 232 cm³/mol. The van der Waals surface area contributed by atoms with Crippen LogP contribution in [0.25, 0.3) is 11.1 Å². The maximum atomic E-state index is 2.54. The molecule has 0 spiro atoms. The summed E-state index contributed by atoms with van der Waals surface area (Å²) in [6.45, 7) is 2.27. The molecule has 5 aromatic carbocycles. The largest absolute Gasteiger partial charge is 0.378 e. The second-order valence-electron chi connectivity index (χ2n) is 15.1. The first-order valence-electron chi connectivity index (χ1n) is 19.0. The highest BCUT2D eigenvalue weighted by atomic mass is 15.1. The molecular weight excluding hydrogens is 647 g/mol. The van der Waals surface area contributed by atoms with Crippen molar-refractivity contribution in [3.8, 4) is 0 Å². The third-order valence-corrected chi connectivity index (χ3v) is 10.5. The van der Waals surface area contributed by atoms with E-state index < -0.39 is 0 Å². The first kappa shape index (κ1) is 37.3. The maximum Gasteiger partial charge on any atom is 0.0366 e. The first-order chi connectivity index (χ1) is 25.6. The smallest absolute Gasteiger partial charge is 0.0366 e. The average Bonchev–Trinajstić information content (AvgIpc) is 3.19. The summed E-state index contributed by atoms with van der Waals surface area (Å²) < 4.78 is 0. The van der Waals surface area contributed by atoms with Crippen molar-refractivity contribution in [1.29, 1.82) is 0 Å². The number of hydrogen-bond acceptors (Lipinski definition) is 5. The van der Waals surface area contributed by atoms with E-state index in [1.807, 2.05) is 0 Å². The third-order valence-electron chi connectivity index (χ3n) is 10.5. The van der Waals surface area contributed by atoms with Gasteiger partial charge in [0.1, 0.15) is 0 Å². The van der Waals surface area contributed by atoms with E-state index in [-0.39, 0.29) is 5.92 Å². The van der Waals surface area contributed by atoms with Gasteiger partial charge in [0, 0.05) is 104 Å². The van der Waals surface area contributed by atoms with Crippen LogP contribution < -0.4 is 24.5 Å². The minimum Gasteiger partial charge on any atom is -0.378 e. The Labute approximate surface area is 319 Å². The Hall–Kier alpha value is -5.42. The van der Waals surface area contributed by atoms with Crippen LogP contribution in [0, 0.1) is 0 Å². The van der Waals surface area contributed by atoms with Crippen LogP contribution in [-0.4, -0.2) is 69.5 Å². The highest BCUT2D eigenvalue weighted by molar-refractivity contribution is 5.85. The summed E-state index contributed by atoms with van der Waals surface area (Å²) in [6.07, 6.45) is 8.82. The highest BCUT2D eigenvalue weighted by Gasteiger charge is 2.17. The molecule has 5 nitrogen and oxygen atoms in total. The summed E-state index contributed by atoms with van der Waals surface area (Å²) >= 11 is 0. The van der Waals surface area contributed by atoms with Gasteiger partial charge in [0.25, 0.3) is 0 Å². The molecule has 0 amide bonds. The summed E-state index contributed by atoms with van der Waals surface area (Å²) in [4.78, 5) is 11.2. The molecule has 1 aliphatic heterocycles. The van der Waals surface area contributed by atoms with Crippen LogP contribution >= 0.6 is 0 Å². The van der Waals surface area contributed by atoms with Crippen molar-refractivity contribution in [3.63, 3.8) is 0 Å². The Bertz CT molecular complexity index is 1740. The Morgan fingerprint density at radius 1 is 0.415 bits per heavy atom. The van der Waals surface area contributed by atoms with Crippen molar-refractivity contribution >= 4 is 39.6 Å². The van der Waals surface area contributed by atoms with Crippen LogP contribution in [-0.2, 0) is 0 Å². The summed E-state index contributed by atoms with van der Waals surface area (Å²) in [5.41, 5.74) is 14.6. The topological polar surface area (TPSA) is 16.2 Å². The predicted octanol–water partition coefficient (Wildman–Crippen LogP) is 10.3. The van der Waals surface area contributed by atoms with Crippen molar-refractivity contribution < 1.29 is 0 Å². The number of hydrogen-bond donors (Lipinski definition) is 0. The summed E-state index contributed by atoms with van der Waals surface area (Å²) in [5, 5.41) is 0. The number of piperidine rings is 1. The van der Waals surface area contributed by atoms with E-state index >= 15 is 0 Å². The van der Waals surface area contributed by atoms with E-state index in [1.54, 1.807) is 0 Å². The zero-order valence-electron chi connectivity index (χ0n) is 33.1. The molecule has 0 radical (unpaired) electrons. The molecule has 0 unspecified atom stereocenters. The Morgan fingerprint density at radius 3 is 1.00 bits per heavy atom. The summed E-state index contributed by atoms with van der Waals surface area (Å²) in [6, 6.07) is 45.3. The Kier molecular flexibility index (Phi) is 11.9. The molecule has 0 N–H and O–H groups in total. The molecule has 0 aromatic heterocycles. The van der Waals surface area contributed by atoms with Crippen molar-refractivity contribution in [3.05, 3.63) is 161 Å². The van der Waals surface area contributed by atoms with Gasteiger partial charge in [-0.3, -0.25) is 0 Å². The quantitative estimate of drug-likeness (QED) is 0.128. The Balaban J connectivity index is 1.56. The fourth-order valence-electron chi connectivity index (χ4n) is 7.13. The van der Waals surface area contributed by atoms with E-state index in [9.17, 15) is 0 Å². The normalized spacial score (nSPS) is 12.7. The number of rotatable bonds is 12. The SMILES string of the molecule is CN(C)c1ccc(C(=CC(C=C(c2ccc(N(C)C)cc2)c2ccc(N(C)C)cc2)c2ccc(N3CCCCC3)cc2)c2ccc(N(C)C)cc2)cc1. The van der Waals surface area contributed by atoms with Gasteiger partial charge in [0.05, 0.1) is 0 Å². The van der Waals surface area contributed by atoms with Gasteiger partial charge in [-0.05, 0) is 119 Å². The van der Waals surface area contributed by atoms with Crippen LogP contribution in [0.2, 0.25) is 0 Å². The molecule has 53 heavy (non-hydrogen) atoms. The monoisotopic (exact) mass is 703 g/mol. The van der Waals surface area contributed by atoms with E-state index in [0.29, 0.717) is 0 Å². The van der Waals surface area contributed by atoms with E-state index in [2.05, 4.69) is 214 Å². The molecule has 6 rings (SSSR count). The van der Waals surface area contributed by atoms with Gasteiger partial charge in [-0.15, -0.1) is 0 Å². The van der Waals surface area contributed by atoms with Gasteiger partial charge in [-0.1, -0.05) is 72.8 Å². The zero-order valence-corrected chi connectivity index (χ0v) is 33.1. The van der Waals surface area contributed by atoms with Crippen molar-refractivity contribution in [2.24, 2.45) is 0 Å².